The number of carbonyl (C=O) groups excluding carboxylic acids is 2. The number of benzene rings is 2. The number of rotatable bonds is 4. The molecule has 0 aliphatic carbocycles. The first-order valence-electron chi connectivity index (χ1n) is 10.3. The third-order valence-corrected chi connectivity index (χ3v) is 7.37. The average Bonchev–Trinajstić information content (AvgIpc) is 3.33. The molecule has 0 spiro atoms. The molecule has 7 nitrogen and oxygen atoms in total. The maximum atomic E-state index is 13.6. The lowest BCUT2D eigenvalue weighted by molar-refractivity contribution is 0.0531. The standard InChI is InChI=1S/C24H16BrClN2O5S/c1-3-32-23(31)21-11(2)27-24(34-21)28-18(12-4-6-13(25)7-5-12)17-19(29)15-10-14(26)8-9-16(15)33-20(17)22(28)30/h4-10,18H,3H2,1-2H3. The van der Waals surface area contributed by atoms with E-state index in [-0.39, 0.29) is 39.5 Å². The molecule has 1 atom stereocenters. The third-order valence-electron chi connectivity index (χ3n) is 5.47. The first kappa shape index (κ1) is 22.8. The molecule has 10 heteroatoms. The quantitative estimate of drug-likeness (QED) is 0.289. The molecule has 2 aromatic heterocycles. The van der Waals surface area contributed by atoms with Gasteiger partial charge in [-0.2, -0.15) is 0 Å². The van der Waals surface area contributed by atoms with E-state index >= 15 is 0 Å². The molecular weight excluding hydrogens is 544 g/mol. The number of nitrogens with zero attached hydrogens (tertiary/aromatic N) is 2. The van der Waals surface area contributed by atoms with Crippen molar-refractivity contribution in [3.63, 3.8) is 0 Å². The highest BCUT2D eigenvalue weighted by Crippen LogP contribution is 2.43. The molecule has 172 valence electrons. The Labute approximate surface area is 211 Å². The van der Waals surface area contributed by atoms with Crippen LogP contribution in [-0.2, 0) is 4.74 Å². The van der Waals surface area contributed by atoms with E-state index in [1.807, 2.05) is 24.3 Å². The van der Waals surface area contributed by atoms with Crippen molar-refractivity contribution >= 4 is 66.8 Å². The van der Waals surface area contributed by atoms with E-state index in [1.54, 1.807) is 26.0 Å². The van der Waals surface area contributed by atoms with Crippen molar-refractivity contribution in [2.24, 2.45) is 0 Å². The third kappa shape index (κ3) is 3.64. The van der Waals surface area contributed by atoms with Gasteiger partial charge in [0.15, 0.2) is 10.6 Å². The number of fused-ring (bicyclic) bond motifs is 2. The van der Waals surface area contributed by atoms with E-state index in [9.17, 15) is 14.4 Å². The average molecular weight is 560 g/mol. The van der Waals surface area contributed by atoms with Crippen LogP contribution < -0.4 is 10.3 Å². The number of esters is 1. The summed E-state index contributed by atoms with van der Waals surface area (Å²) < 4.78 is 11.9. The van der Waals surface area contributed by atoms with Crippen LogP contribution in [0.15, 0.2) is 56.1 Å². The Hall–Kier alpha value is -3.01. The summed E-state index contributed by atoms with van der Waals surface area (Å²) in [6.07, 6.45) is 0. The smallest absolute Gasteiger partial charge is 0.350 e. The number of anilines is 1. The molecule has 0 saturated heterocycles. The number of ether oxygens (including phenoxy) is 1. The van der Waals surface area contributed by atoms with E-state index in [2.05, 4.69) is 20.9 Å². The van der Waals surface area contributed by atoms with Crippen LogP contribution in [0.5, 0.6) is 0 Å². The van der Waals surface area contributed by atoms with E-state index < -0.39 is 17.9 Å². The highest BCUT2D eigenvalue weighted by Gasteiger charge is 2.45. The highest BCUT2D eigenvalue weighted by molar-refractivity contribution is 9.10. The molecule has 1 aliphatic rings. The number of halogens is 2. The molecule has 4 aromatic rings. The van der Waals surface area contributed by atoms with Crippen LogP contribution in [0.2, 0.25) is 5.02 Å². The number of amides is 1. The molecule has 0 radical (unpaired) electrons. The van der Waals surface area contributed by atoms with Gasteiger partial charge in [0.2, 0.25) is 5.76 Å². The summed E-state index contributed by atoms with van der Waals surface area (Å²) in [7, 11) is 0. The van der Waals surface area contributed by atoms with Gasteiger partial charge in [0, 0.05) is 9.50 Å². The number of aromatic nitrogens is 1. The van der Waals surface area contributed by atoms with Crippen LogP contribution >= 0.6 is 38.9 Å². The van der Waals surface area contributed by atoms with Crippen molar-refractivity contribution in [1.82, 2.24) is 4.98 Å². The second kappa shape index (κ2) is 8.65. The van der Waals surface area contributed by atoms with Gasteiger partial charge in [-0.15, -0.1) is 0 Å². The monoisotopic (exact) mass is 558 g/mol. The van der Waals surface area contributed by atoms with Crippen LogP contribution in [-0.4, -0.2) is 23.5 Å². The van der Waals surface area contributed by atoms with Gasteiger partial charge in [0.05, 0.1) is 29.3 Å². The number of aryl methyl sites for hydroxylation is 1. The highest BCUT2D eigenvalue weighted by atomic mass is 79.9. The summed E-state index contributed by atoms with van der Waals surface area (Å²) >= 11 is 10.6. The summed E-state index contributed by atoms with van der Waals surface area (Å²) in [4.78, 5) is 45.8. The zero-order chi connectivity index (χ0) is 24.1. The number of hydrogen-bond donors (Lipinski definition) is 0. The lowest BCUT2D eigenvalue weighted by atomic mass is 9.99. The SMILES string of the molecule is CCOC(=O)c1sc(N2C(=O)c3oc4ccc(Cl)cc4c(=O)c3C2c2ccc(Br)cc2)nc1C. The van der Waals surface area contributed by atoms with Gasteiger partial charge in [0.1, 0.15) is 10.5 Å². The van der Waals surface area contributed by atoms with Gasteiger partial charge in [-0.1, -0.05) is 51.0 Å². The largest absolute Gasteiger partial charge is 0.462 e. The molecule has 34 heavy (non-hydrogen) atoms. The lowest BCUT2D eigenvalue weighted by Gasteiger charge is -2.22. The Balaban J connectivity index is 1.75. The fourth-order valence-electron chi connectivity index (χ4n) is 3.97. The minimum absolute atomic E-state index is 0.0571. The summed E-state index contributed by atoms with van der Waals surface area (Å²) in [5, 5.41) is 0.938. The normalized spacial score (nSPS) is 15.1. The topological polar surface area (TPSA) is 89.7 Å². The van der Waals surface area contributed by atoms with Crippen molar-refractivity contribution in [3.05, 3.63) is 89.6 Å². The van der Waals surface area contributed by atoms with E-state index in [1.165, 1.54) is 11.0 Å². The predicted octanol–water partition coefficient (Wildman–Crippen LogP) is 5.90. The number of thiazole rings is 1. The number of carbonyl (C=O) groups is 2. The molecule has 0 saturated carbocycles. The minimum atomic E-state index is -0.796. The summed E-state index contributed by atoms with van der Waals surface area (Å²) in [5.41, 5.74) is 1.25. The van der Waals surface area contributed by atoms with E-state index in [4.69, 9.17) is 20.8 Å². The van der Waals surface area contributed by atoms with Gasteiger partial charge >= 0.3 is 5.97 Å². The zero-order valence-electron chi connectivity index (χ0n) is 17.9. The van der Waals surface area contributed by atoms with Gasteiger partial charge < -0.3 is 9.15 Å². The van der Waals surface area contributed by atoms with Crippen LogP contribution in [0.1, 0.15) is 50.0 Å². The molecule has 1 amide bonds. The molecule has 0 fully saturated rings. The second-order valence-corrected chi connectivity index (χ2v) is 9.90. The first-order chi connectivity index (χ1) is 16.3. The van der Waals surface area contributed by atoms with Crippen molar-refractivity contribution in [2.75, 3.05) is 11.5 Å². The van der Waals surface area contributed by atoms with Crippen molar-refractivity contribution in [1.29, 1.82) is 0 Å². The van der Waals surface area contributed by atoms with Crippen LogP contribution in [0.4, 0.5) is 5.13 Å². The van der Waals surface area contributed by atoms with E-state index in [0.29, 0.717) is 21.2 Å². The summed E-state index contributed by atoms with van der Waals surface area (Å²) in [6, 6.07) is 11.2. The molecule has 0 bridgehead atoms. The van der Waals surface area contributed by atoms with Crippen molar-refractivity contribution in [2.45, 2.75) is 19.9 Å². The minimum Gasteiger partial charge on any atom is -0.462 e. The Kier molecular flexibility index (Phi) is 5.79. The molecule has 5 rings (SSSR count). The van der Waals surface area contributed by atoms with Crippen LogP contribution in [0.25, 0.3) is 11.0 Å². The second-order valence-electron chi connectivity index (χ2n) is 7.58. The molecule has 1 unspecified atom stereocenters. The van der Waals surface area contributed by atoms with Crippen molar-refractivity contribution < 1.29 is 18.7 Å². The maximum Gasteiger partial charge on any atom is 0.350 e. The summed E-state index contributed by atoms with van der Waals surface area (Å²) in [6.45, 7) is 3.61. The molecule has 2 aromatic carbocycles. The Morgan fingerprint density at radius 1 is 1.24 bits per heavy atom. The maximum absolute atomic E-state index is 13.6. The Bertz CT molecular complexity index is 1530. The molecule has 3 heterocycles. The van der Waals surface area contributed by atoms with Crippen LogP contribution in [0.3, 0.4) is 0 Å². The lowest BCUT2D eigenvalue weighted by Crippen LogP contribution is -2.29. The van der Waals surface area contributed by atoms with Gasteiger partial charge in [-0.05, 0) is 49.7 Å². The van der Waals surface area contributed by atoms with Crippen molar-refractivity contribution in [3.8, 4) is 0 Å². The molecule has 1 aliphatic heterocycles. The Morgan fingerprint density at radius 2 is 1.97 bits per heavy atom. The fraction of sp³-hybridized carbons (Fsp3) is 0.167. The summed E-state index contributed by atoms with van der Waals surface area (Å²) in [5.74, 6) is -1.08. The zero-order valence-corrected chi connectivity index (χ0v) is 21.1. The first-order valence-corrected chi connectivity index (χ1v) is 12.3. The van der Waals surface area contributed by atoms with E-state index in [0.717, 1.165) is 15.8 Å². The molecular formula is C24H16BrClN2O5S. The van der Waals surface area contributed by atoms with Gasteiger partial charge in [-0.3, -0.25) is 14.5 Å². The fourth-order valence-corrected chi connectivity index (χ4v) is 5.40. The Morgan fingerprint density at radius 3 is 2.68 bits per heavy atom. The van der Waals surface area contributed by atoms with Gasteiger partial charge in [-0.25, -0.2) is 9.78 Å². The predicted molar refractivity (Wildman–Crippen MR) is 133 cm³/mol. The van der Waals surface area contributed by atoms with Crippen LogP contribution in [0, 0.1) is 6.92 Å². The van der Waals surface area contributed by atoms with Gasteiger partial charge in [0.25, 0.3) is 5.91 Å². The molecule has 0 N–H and O–H groups in total. The number of hydrogen-bond acceptors (Lipinski definition) is 7.